The van der Waals surface area contributed by atoms with Gasteiger partial charge in [-0.25, -0.2) is 13.9 Å². The van der Waals surface area contributed by atoms with Crippen LogP contribution in [0.4, 0.5) is 5.82 Å². The summed E-state index contributed by atoms with van der Waals surface area (Å²) in [6, 6.07) is 1.22. The summed E-state index contributed by atoms with van der Waals surface area (Å²) < 4.78 is 58.5. The van der Waals surface area contributed by atoms with E-state index in [4.69, 9.17) is 29.0 Å². The number of cyclic esters (lactones) is 1. The van der Waals surface area contributed by atoms with Gasteiger partial charge in [0.1, 0.15) is 30.9 Å². The SMILES string of the molecule is CCCCC/C=C\C/C=C\CCCCCCCC(=O)OC[C@@H]1COP(=O)(O)OP(=O)(O)OC[C@H]2O[C@@H](n3ccc(N)nc3=O)[C@H](C/C=C\CC(=O)O1)[C@@H](O)C[C@@H](O)[C@H](C=C[C@H](O)CCCCC)[C@H](O)[C@@H]2O. The van der Waals surface area contributed by atoms with Gasteiger partial charge in [0.15, 0.2) is 6.10 Å². The van der Waals surface area contributed by atoms with Crippen molar-refractivity contribution in [3.63, 3.8) is 0 Å². The van der Waals surface area contributed by atoms with E-state index in [1.54, 1.807) is 0 Å². The molecular formula is C48H79N3O18P2. The molecule has 0 aliphatic carbocycles. The maximum atomic E-state index is 13.3. The maximum absolute atomic E-state index is 13.3. The molecule has 1 fully saturated rings. The van der Waals surface area contributed by atoms with Gasteiger partial charge in [-0.2, -0.15) is 9.29 Å². The number of unbranched alkanes of at least 4 members (excludes halogenated alkanes) is 10. The van der Waals surface area contributed by atoms with Crippen LogP contribution in [0.25, 0.3) is 0 Å². The number of nitrogens with two attached hydrogens (primary N) is 1. The van der Waals surface area contributed by atoms with Crippen molar-refractivity contribution < 1.29 is 81.6 Å². The normalized spacial score (nSPS) is 30.8. The zero-order valence-corrected chi connectivity index (χ0v) is 42.9. The van der Waals surface area contributed by atoms with Crippen LogP contribution in [0, 0.1) is 11.8 Å². The molecule has 23 heteroatoms. The highest BCUT2D eigenvalue weighted by Crippen LogP contribution is 2.60. The highest BCUT2D eigenvalue weighted by atomic mass is 31.3. The number of anilines is 1. The summed E-state index contributed by atoms with van der Waals surface area (Å²) in [5.41, 5.74) is 4.73. The molecule has 1 saturated heterocycles. The molecule has 2 unspecified atom stereocenters. The van der Waals surface area contributed by atoms with Crippen LogP contribution in [-0.4, -0.2) is 119 Å². The highest BCUT2D eigenvalue weighted by Gasteiger charge is 2.45. The first-order valence-electron chi connectivity index (χ1n) is 24.9. The van der Waals surface area contributed by atoms with Crippen molar-refractivity contribution >= 4 is 33.4 Å². The van der Waals surface area contributed by atoms with E-state index >= 15 is 0 Å². The minimum atomic E-state index is -5.69. The minimum absolute atomic E-state index is 0.0427. The number of nitrogens with zero attached hydrogens (tertiary/aromatic N) is 2. The number of allylic oxidation sites excluding steroid dienone is 5. The standard InChI is InChI=1S/C48H79N3O18P2/c1-3-5-7-8-9-10-11-12-13-14-15-16-17-18-20-25-43(55)64-32-36-33-65-70(60,61)69-71(62,63)66-34-41-46(58)45(57)37(28-27-35(52)23-19-6-4-2)39(53)31-40(54)38(24-21-22-26-44(56)67-36)47(68-41)51-30-29-42(49)50-48(51)59/h9-10,12-13,21-22,27-30,35-41,45-47,52-54,57-58H,3-8,11,14-20,23-26,31-34H2,1-2H3,(H,60,61)(H,62,63)(H2,49,50,59)/b10-9-,13-12-,22-21-,28-27?/t35-,36-,37+,38-,39-,40+,41-,45+,46-,47-/m1/s1. The molecule has 21 nitrogen and oxygen atoms in total. The number of aliphatic hydroxyl groups excluding tert-OH is 5. The Bertz CT molecular complexity index is 2000. The Balaban J connectivity index is 1.80. The van der Waals surface area contributed by atoms with Crippen LogP contribution >= 0.6 is 15.6 Å². The molecule has 2 aliphatic heterocycles. The van der Waals surface area contributed by atoms with Crippen molar-refractivity contribution in [3.8, 4) is 0 Å². The summed E-state index contributed by atoms with van der Waals surface area (Å²) >= 11 is 0. The van der Waals surface area contributed by atoms with Gasteiger partial charge >= 0.3 is 33.3 Å². The second-order valence-electron chi connectivity index (χ2n) is 17.9. The number of rotatable bonds is 23. The molecule has 12 atom stereocenters. The Morgan fingerprint density at radius 1 is 0.873 bits per heavy atom. The number of fused-ring (bicyclic) bond motifs is 3. The third kappa shape index (κ3) is 24.5. The Kier molecular flexibility index (Phi) is 29.1. The third-order valence-corrected chi connectivity index (χ3v) is 14.6. The van der Waals surface area contributed by atoms with Gasteiger partial charge in [0.2, 0.25) is 0 Å². The van der Waals surface area contributed by atoms with Crippen molar-refractivity contribution in [2.75, 3.05) is 25.6 Å². The smallest absolute Gasteiger partial charge is 0.462 e. The highest BCUT2D eigenvalue weighted by molar-refractivity contribution is 7.61. The van der Waals surface area contributed by atoms with Gasteiger partial charge in [-0.3, -0.25) is 23.2 Å². The van der Waals surface area contributed by atoms with E-state index in [0.717, 1.165) is 68.6 Å². The molecule has 9 N–H and O–H groups in total. The van der Waals surface area contributed by atoms with Crippen molar-refractivity contribution in [1.82, 2.24) is 9.55 Å². The average Bonchev–Trinajstić information content (AvgIpc) is 3.30. The molecule has 1 aromatic heterocycles. The van der Waals surface area contributed by atoms with Crippen LogP contribution in [-0.2, 0) is 46.3 Å². The number of carbonyl (C=O) groups excluding carboxylic acids is 2. The lowest BCUT2D eigenvalue weighted by molar-refractivity contribution is -0.194. The molecule has 3 heterocycles. The van der Waals surface area contributed by atoms with Crippen molar-refractivity contribution in [2.45, 2.75) is 185 Å². The molecule has 0 amide bonds. The molecule has 0 radical (unpaired) electrons. The first kappa shape index (κ1) is 61.9. The summed E-state index contributed by atoms with van der Waals surface area (Å²) in [7, 11) is -11.3. The molecule has 71 heavy (non-hydrogen) atoms. The minimum Gasteiger partial charge on any atom is -0.462 e. The second-order valence-corrected chi connectivity index (χ2v) is 21.0. The van der Waals surface area contributed by atoms with Crippen molar-refractivity contribution in [2.24, 2.45) is 11.8 Å². The number of phosphoric ester groups is 2. The fourth-order valence-electron chi connectivity index (χ4n) is 7.95. The van der Waals surface area contributed by atoms with Crippen LogP contribution in [0.2, 0.25) is 0 Å². The third-order valence-electron chi connectivity index (χ3n) is 12.0. The number of phosphoric acid groups is 2. The van der Waals surface area contributed by atoms with E-state index in [9.17, 15) is 58.8 Å². The van der Waals surface area contributed by atoms with Crippen molar-refractivity contribution in [1.29, 1.82) is 0 Å². The summed E-state index contributed by atoms with van der Waals surface area (Å²) in [5, 5.41) is 57.2. The monoisotopic (exact) mass is 1050 g/mol. The van der Waals surface area contributed by atoms with Gasteiger partial charge in [0.25, 0.3) is 0 Å². The van der Waals surface area contributed by atoms with E-state index in [-0.39, 0.29) is 18.7 Å². The fraction of sp³-hybridized carbons (Fsp3) is 0.708. The number of carbonyl (C=O) groups is 2. The van der Waals surface area contributed by atoms with Gasteiger partial charge in [0.05, 0.1) is 44.1 Å². The molecule has 404 valence electrons. The van der Waals surface area contributed by atoms with Gasteiger partial charge in [-0.05, 0) is 57.4 Å². The topological polar surface area (TPSA) is 326 Å². The summed E-state index contributed by atoms with van der Waals surface area (Å²) in [5.74, 6) is -4.44. The molecule has 0 spiro atoms. The Morgan fingerprint density at radius 2 is 1.52 bits per heavy atom. The zero-order valence-electron chi connectivity index (χ0n) is 41.1. The predicted molar refractivity (Wildman–Crippen MR) is 263 cm³/mol. The first-order valence-corrected chi connectivity index (χ1v) is 27.9. The number of ether oxygens (including phenoxy) is 3. The van der Waals surface area contributed by atoms with E-state index in [0.29, 0.717) is 19.3 Å². The number of aliphatic hydroxyl groups is 5. The fourth-order valence-corrected chi connectivity index (χ4v) is 10.1. The van der Waals surface area contributed by atoms with Crippen LogP contribution in [0.3, 0.4) is 0 Å². The number of esters is 2. The van der Waals surface area contributed by atoms with Crippen LogP contribution < -0.4 is 11.4 Å². The molecule has 1 aromatic rings. The molecule has 2 bridgehead atoms. The quantitative estimate of drug-likeness (QED) is 0.0263. The van der Waals surface area contributed by atoms with Crippen LogP contribution in [0.1, 0.15) is 142 Å². The molecular weight excluding hydrogens is 968 g/mol. The van der Waals surface area contributed by atoms with Gasteiger partial charge in [0, 0.05) is 30.9 Å². The average molecular weight is 1050 g/mol. The van der Waals surface area contributed by atoms with E-state index < -0.39 is 127 Å². The Morgan fingerprint density at radius 3 is 2.21 bits per heavy atom. The summed E-state index contributed by atoms with van der Waals surface area (Å²) in [6.45, 7) is 1.39. The zero-order chi connectivity index (χ0) is 52.2. The molecule has 0 aromatic carbocycles. The van der Waals surface area contributed by atoms with E-state index in [2.05, 4.69) is 40.5 Å². The molecule has 2 aliphatic rings. The van der Waals surface area contributed by atoms with Crippen LogP contribution in [0.15, 0.2) is 65.7 Å². The lowest BCUT2D eigenvalue weighted by Gasteiger charge is -2.40. The largest absolute Gasteiger partial charge is 0.481 e. The maximum Gasteiger partial charge on any atom is 0.481 e. The second kappa shape index (κ2) is 33.4. The molecule has 0 saturated carbocycles. The van der Waals surface area contributed by atoms with E-state index in [1.807, 2.05) is 6.92 Å². The molecule has 3 rings (SSSR count). The van der Waals surface area contributed by atoms with Gasteiger partial charge in [-0.15, -0.1) is 0 Å². The first-order chi connectivity index (χ1) is 33.9. The summed E-state index contributed by atoms with van der Waals surface area (Å²) in [4.78, 5) is 64.0. The Hall–Kier alpha value is -3.40. The number of aromatic nitrogens is 2. The number of hydrogen-bond donors (Lipinski definition) is 8. The number of hydrogen-bond acceptors (Lipinski definition) is 18. The lowest BCUT2D eigenvalue weighted by Crippen LogP contribution is -2.52. The predicted octanol–water partition coefficient (Wildman–Crippen LogP) is 6.16. The Labute approximate surface area is 417 Å². The van der Waals surface area contributed by atoms with Gasteiger partial charge < -0.3 is 55.3 Å². The van der Waals surface area contributed by atoms with Crippen molar-refractivity contribution in [3.05, 3.63) is 71.4 Å². The number of nitrogen functional groups attached to an aromatic ring is 1. The summed E-state index contributed by atoms with van der Waals surface area (Å²) in [6.07, 6.45) is 14.2. The van der Waals surface area contributed by atoms with Crippen LogP contribution in [0.5, 0.6) is 0 Å². The lowest BCUT2D eigenvalue weighted by atomic mass is 9.82. The van der Waals surface area contributed by atoms with E-state index in [1.165, 1.54) is 49.6 Å². The van der Waals surface area contributed by atoms with Gasteiger partial charge in [-0.1, -0.05) is 114 Å².